The lowest BCUT2D eigenvalue weighted by Gasteiger charge is -2.24. The maximum Gasteiger partial charge on any atom is 0.132 e. The van der Waals surface area contributed by atoms with Gasteiger partial charge in [0.25, 0.3) is 0 Å². The molecule has 0 aromatic heterocycles. The van der Waals surface area contributed by atoms with Gasteiger partial charge in [-0.3, -0.25) is 0 Å². The third-order valence-corrected chi connectivity index (χ3v) is 3.62. The molecular weight excluding hydrogens is 260 g/mol. The number of hydrogen-bond donors (Lipinski definition) is 1. The summed E-state index contributed by atoms with van der Waals surface area (Å²) >= 11 is 0. The molecular formula is C19H24O2. The summed E-state index contributed by atoms with van der Waals surface area (Å²) in [5, 5.41) is 9.43. The van der Waals surface area contributed by atoms with E-state index in [1.54, 1.807) is 0 Å². The van der Waals surface area contributed by atoms with Crippen molar-refractivity contribution in [2.24, 2.45) is 0 Å². The summed E-state index contributed by atoms with van der Waals surface area (Å²) in [6.45, 7) is 8.70. The number of aliphatic hydroxyl groups excluding tert-OH is 1. The van der Waals surface area contributed by atoms with Crippen LogP contribution in [0.5, 0.6) is 11.5 Å². The van der Waals surface area contributed by atoms with Crippen LogP contribution in [-0.2, 0) is 18.4 Å². The molecule has 0 amide bonds. The maximum atomic E-state index is 9.43. The number of rotatable bonds is 4. The van der Waals surface area contributed by atoms with E-state index in [9.17, 15) is 5.11 Å². The van der Waals surface area contributed by atoms with Gasteiger partial charge in [-0.1, -0.05) is 58.0 Å². The Labute approximate surface area is 127 Å². The Morgan fingerprint density at radius 2 is 1.71 bits per heavy atom. The largest absolute Gasteiger partial charge is 0.457 e. The summed E-state index contributed by atoms with van der Waals surface area (Å²) in [4.78, 5) is 0. The van der Waals surface area contributed by atoms with Crippen LogP contribution in [0.1, 0.15) is 44.4 Å². The Hall–Kier alpha value is -1.80. The summed E-state index contributed by atoms with van der Waals surface area (Å²) < 4.78 is 6.10. The molecule has 21 heavy (non-hydrogen) atoms. The van der Waals surface area contributed by atoms with E-state index in [1.165, 1.54) is 11.1 Å². The first-order valence-corrected chi connectivity index (χ1v) is 7.45. The first kappa shape index (κ1) is 15.6. The van der Waals surface area contributed by atoms with Crippen LogP contribution in [0.25, 0.3) is 0 Å². The van der Waals surface area contributed by atoms with E-state index in [-0.39, 0.29) is 12.0 Å². The van der Waals surface area contributed by atoms with Crippen LogP contribution >= 0.6 is 0 Å². The smallest absolute Gasteiger partial charge is 0.132 e. The molecule has 0 aliphatic carbocycles. The van der Waals surface area contributed by atoms with Gasteiger partial charge in [0.05, 0.1) is 6.61 Å². The van der Waals surface area contributed by atoms with Gasteiger partial charge in [-0.15, -0.1) is 0 Å². The Bertz CT molecular complexity index is 609. The summed E-state index contributed by atoms with van der Waals surface area (Å²) in [7, 11) is 0. The van der Waals surface area contributed by atoms with Crippen LogP contribution in [0.4, 0.5) is 0 Å². The van der Waals surface area contributed by atoms with E-state index in [1.807, 2.05) is 30.3 Å². The second-order valence-electron chi connectivity index (χ2n) is 6.30. The third-order valence-electron chi connectivity index (χ3n) is 3.62. The quantitative estimate of drug-likeness (QED) is 0.871. The first-order chi connectivity index (χ1) is 9.95. The zero-order chi connectivity index (χ0) is 15.5. The molecule has 0 saturated heterocycles. The summed E-state index contributed by atoms with van der Waals surface area (Å²) in [5.74, 6) is 1.58. The minimum absolute atomic E-state index is 0.00860. The molecule has 2 heteroatoms. The Morgan fingerprint density at radius 1 is 1.00 bits per heavy atom. The second-order valence-corrected chi connectivity index (χ2v) is 6.30. The van der Waals surface area contributed by atoms with E-state index in [4.69, 9.17) is 4.74 Å². The van der Waals surface area contributed by atoms with Gasteiger partial charge in [0, 0.05) is 11.1 Å². The molecule has 0 aliphatic heterocycles. The van der Waals surface area contributed by atoms with Crippen molar-refractivity contribution in [1.29, 1.82) is 0 Å². The fourth-order valence-corrected chi connectivity index (χ4v) is 2.32. The highest BCUT2D eigenvalue weighted by Gasteiger charge is 2.20. The molecule has 2 aromatic rings. The van der Waals surface area contributed by atoms with Crippen molar-refractivity contribution in [2.75, 3.05) is 0 Å². The van der Waals surface area contributed by atoms with Crippen LogP contribution in [-0.4, -0.2) is 5.11 Å². The predicted molar refractivity (Wildman–Crippen MR) is 87.0 cm³/mol. The molecule has 0 saturated carbocycles. The van der Waals surface area contributed by atoms with Crippen molar-refractivity contribution in [1.82, 2.24) is 0 Å². The van der Waals surface area contributed by atoms with Gasteiger partial charge < -0.3 is 9.84 Å². The lowest BCUT2D eigenvalue weighted by molar-refractivity contribution is 0.276. The molecule has 2 aromatic carbocycles. The van der Waals surface area contributed by atoms with Gasteiger partial charge in [-0.05, 0) is 29.5 Å². The summed E-state index contributed by atoms with van der Waals surface area (Å²) in [5.41, 5.74) is 3.31. The van der Waals surface area contributed by atoms with Crippen molar-refractivity contribution in [3.05, 3.63) is 59.2 Å². The molecule has 0 atom stereocenters. The van der Waals surface area contributed by atoms with Crippen LogP contribution in [0, 0.1) is 0 Å². The Kier molecular flexibility index (Phi) is 4.69. The maximum absolute atomic E-state index is 9.43. The fourth-order valence-electron chi connectivity index (χ4n) is 2.32. The molecule has 0 bridgehead atoms. The molecule has 0 radical (unpaired) electrons. The molecule has 0 fully saturated rings. The molecule has 0 unspecified atom stereocenters. The van der Waals surface area contributed by atoms with E-state index < -0.39 is 0 Å². The van der Waals surface area contributed by atoms with E-state index in [2.05, 4.69) is 39.8 Å². The summed E-state index contributed by atoms with van der Waals surface area (Å²) in [6, 6.07) is 14.0. The van der Waals surface area contributed by atoms with Crippen molar-refractivity contribution >= 4 is 0 Å². The predicted octanol–water partition coefficient (Wildman–Crippen LogP) is 4.83. The third kappa shape index (κ3) is 3.64. The minimum Gasteiger partial charge on any atom is -0.457 e. The average molecular weight is 284 g/mol. The molecule has 0 aliphatic rings. The number of ether oxygens (including phenoxy) is 1. The van der Waals surface area contributed by atoms with Crippen LogP contribution < -0.4 is 4.74 Å². The zero-order valence-electron chi connectivity index (χ0n) is 13.3. The topological polar surface area (TPSA) is 29.5 Å². The highest BCUT2D eigenvalue weighted by atomic mass is 16.5. The van der Waals surface area contributed by atoms with Crippen molar-refractivity contribution in [2.45, 2.75) is 46.1 Å². The molecule has 0 heterocycles. The SMILES string of the molecule is CCc1ccc(Oc2ccccc2CO)c(C(C)(C)C)c1. The van der Waals surface area contributed by atoms with Gasteiger partial charge in [0.1, 0.15) is 11.5 Å². The Balaban J connectivity index is 2.44. The molecule has 0 spiro atoms. The number of benzene rings is 2. The minimum atomic E-state index is -0.0198. The van der Waals surface area contributed by atoms with Crippen molar-refractivity contribution in [3.63, 3.8) is 0 Å². The van der Waals surface area contributed by atoms with E-state index in [0.717, 1.165) is 23.5 Å². The molecule has 112 valence electrons. The monoisotopic (exact) mass is 284 g/mol. The lowest BCUT2D eigenvalue weighted by Crippen LogP contribution is -2.13. The number of para-hydroxylation sites is 1. The van der Waals surface area contributed by atoms with Gasteiger partial charge >= 0.3 is 0 Å². The lowest BCUT2D eigenvalue weighted by atomic mass is 9.85. The van der Waals surface area contributed by atoms with E-state index in [0.29, 0.717) is 0 Å². The van der Waals surface area contributed by atoms with Gasteiger partial charge in [-0.25, -0.2) is 0 Å². The van der Waals surface area contributed by atoms with Gasteiger partial charge in [0.2, 0.25) is 0 Å². The van der Waals surface area contributed by atoms with Gasteiger partial charge in [-0.2, -0.15) is 0 Å². The summed E-state index contributed by atoms with van der Waals surface area (Å²) in [6.07, 6.45) is 1.01. The molecule has 2 nitrogen and oxygen atoms in total. The molecule has 2 rings (SSSR count). The first-order valence-electron chi connectivity index (χ1n) is 7.45. The van der Waals surface area contributed by atoms with Crippen LogP contribution in [0.3, 0.4) is 0 Å². The van der Waals surface area contributed by atoms with Gasteiger partial charge in [0.15, 0.2) is 0 Å². The number of aliphatic hydroxyl groups is 1. The second kappa shape index (κ2) is 6.31. The number of aryl methyl sites for hydroxylation is 1. The Morgan fingerprint density at radius 3 is 2.33 bits per heavy atom. The van der Waals surface area contributed by atoms with E-state index >= 15 is 0 Å². The average Bonchev–Trinajstić information content (AvgIpc) is 2.47. The number of hydrogen-bond acceptors (Lipinski definition) is 2. The van der Waals surface area contributed by atoms with Crippen LogP contribution in [0.2, 0.25) is 0 Å². The molecule has 1 N–H and O–H groups in total. The zero-order valence-corrected chi connectivity index (χ0v) is 13.3. The van der Waals surface area contributed by atoms with Crippen molar-refractivity contribution in [3.8, 4) is 11.5 Å². The van der Waals surface area contributed by atoms with Crippen LogP contribution in [0.15, 0.2) is 42.5 Å². The van der Waals surface area contributed by atoms with Crippen molar-refractivity contribution < 1.29 is 9.84 Å². The highest BCUT2D eigenvalue weighted by molar-refractivity contribution is 5.45. The standard InChI is InChI=1S/C19H24O2/c1-5-14-10-11-18(16(12-14)19(2,3)4)21-17-9-7-6-8-15(17)13-20/h6-12,20H,5,13H2,1-4H3. The highest BCUT2D eigenvalue weighted by Crippen LogP contribution is 2.36. The fraction of sp³-hybridized carbons (Fsp3) is 0.368. The normalized spacial score (nSPS) is 11.5.